The molecule has 3 N–H and O–H groups in total. The lowest BCUT2D eigenvalue weighted by Crippen LogP contribution is -2.53. The van der Waals surface area contributed by atoms with Crippen LogP contribution in [-0.4, -0.2) is 97.6 Å². The van der Waals surface area contributed by atoms with E-state index in [1.807, 2.05) is 72.8 Å². The molecule has 2 amide bonds. The molecule has 6 rings (SSSR count). The first-order valence-electron chi connectivity index (χ1n) is 16.1. The number of pyridine rings is 1. The molecule has 0 bridgehead atoms. The van der Waals surface area contributed by atoms with Gasteiger partial charge < -0.3 is 29.4 Å². The van der Waals surface area contributed by atoms with Gasteiger partial charge in [-0.25, -0.2) is 23.0 Å². The van der Waals surface area contributed by atoms with Crippen molar-refractivity contribution >= 4 is 22.0 Å². The lowest BCUT2D eigenvalue weighted by atomic mass is 10.0. The van der Waals surface area contributed by atoms with E-state index in [9.17, 15) is 23.1 Å². The molecule has 0 saturated carbocycles. The molecule has 2 aromatic carbocycles. The molecule has 3 aliphatic heterocycles. The lowest BCUT2D eigenvalue weighted by Gasteiger charge is -2.30. The van der Waals surface area contributed by atoms with Gasteiger partial charge in [0.2, 0.25) is 0 Å². The van der Waals surface area contributed by atoms with Crippen LogP contribution >= 0.6 is 0 Å². The maximum atomic E-state index is 13.1. The zero-order chi connectivity index (χ0) is 33.5. The summed E-state index contributed by atoms with van der Waals surface area (Å²) in [5.74, 6) is -0.318. The summed E-state index contributed by atoms with van der Waals surface area (Å²) in [6.07, 6.45) is -1.36. The Balaban J connectivity index is 1.16. The van der Waals surface area contributed by atoms with Crippen LogP contribution in [0.2, 0.25) is 0 Å². The Morgan fingerprint density at radius 3 is 2.48 bits per heavy atom. The van der Waals surface area contributed by atoms with Crippen LogP contribution in [0, 0.1) is 5.92 Å². The van der Waals surface area contributed by atoms with Gasteiger partial charge >= 0.3 is 12.2 Å². The molecule has 3 saturated heterocycles. The van der Waals surface area contributed by atoms with Gasteiger partial charge in [-0.3, -0.25) is 10.4 Å². The van der Waals surface area contributed by atoms with E-state index >= 15 is 0 Å². The highest BCUT2D eigenvalue weighted by Crippen LogP contribution is 2.33. The highest BCUT2D eigenvalue weighted by atomic mass is 32.2. The molecule has 3 aliphatic rings. The van der Waals surface area contributed by atoms with Gasteiger partial charge in [-0.1, -0.05) is 60.7 Å². The van der Waals surface area contributed by atoms with Crippen molar-refractivity contribution in [2.75, 3.05) is 31.3 Å². The van der Waals surface area contributed by atoms with Crippen LogP contribution in [0.3, 0.4) is 0 Å². The van der Waals surface area contributed by atoms with Gasteiger partial charge in [-0.05, 0) is 42.5 Å². The summed E-state index contributed by atoms with van der Waals surface area (Å²) in [5, 5.41) is 15.9. The summed E-state index contributed by atoms with van der Waals surface area (Å²) >= 11 is 0. The fourth-order valence-electron chi connectivity index (χ4n) is 6.22. The molecule has 6 unspecified atom stereocenters. The first kappa shape index (κ1) is 33.8. The molecule has 4 heterocycles. The average molecular weight is 681 g/mol. The molecule has 3 fully saturated rings. The second kappa shape index (κ2) is 15.4. The molecule has 256 valence electrons. The molecular weight excluding hydrogens is 640 g/mol. The third-order valence-corrected chi connectivity index (χ3v) is 10.5. The van der Waals surface area contributed by atoms with Crippen molar-refractivity contribution in [1.29, 1.82) is 0 Å². The molecular formula is C34H40N4O9S. The second-order valence-corrected chi connectivity index (χ2v) is 14.5. The number of nitrogens with zero attached hydrogens (tertiary/aromatic N) is 2. The van der Waals surface area contributed by atoms with Crippen LogP contribution < -0.4 is 10.7 Å². The van der Waals surface area contributed by atoms with Crippen molar-refractivity contribution in [3.63, 3.8) is 0 Å². The quantitative estimate of drug-likeness (QED) is 0.241. The Kier molecular flexibility index (Phi) is 10.9. The minimum Gasteiger partial charge on any atom is -0.444 e. The maximum Gasteiger partial charge on any atom is 0.422 e. The van der Waals surface area contributed by atoms with Gasteiger partial charge in [0.05, 0.1) is 48.5 Å². The van der Waals surface area contributed by atoms with Gasteiger partial charge in [0.25, 0.3) is 0 Å². The molecule has 48 heavy (non-hydrogen) atoms. The molecule has 3 aromatic rings. The Bertz CT molecular complexity index is 1630. The van der Waals surface area contributed by atoms with Crippen molar-refractivity contribution in [3.8, 4) is 11.3 Å². The van der Waals surface area contributed by atoms with E-state index in [1.165, 1.54) is 5.01 Å². The highest BCUT2D eigenvalue weighted by molar-refractivity contribution is 7.91. The number of carbonyl (C=O) groups is 2. The van der Waals surface area contributed by atoms with Crippen molar-refractivity contribution in [2.45, 2.75) is 56.5 Å². The van der Waals surface area contributed by atoms with E-state index in [0.29, 0.717) is 6.61 Å². The van der Waals surface area contributed by atoms with Gasteiger partial charge in [0.15, 0.2) is 16.1 Å². The lowest BCUT2D eigenvalue weighted by molar-refractivity contribution is -0.0907. The van der Waals surface area contributed by atoms with Gasteiger partial charge in [-0.2, -0.15) is 0 Å². The number of alkyl carbamates (subject to hydrolysis) is 1. The van der Waals surface area contributed by atoms with E-state index in [1.54, 1.807) is 6.20 Å². The molecule has 6 atom stereocenters. The van der Waals surface area contributed by atoms with Gasteiger partial charge in [0.1, 0.15) is 12.2 Å². The first-order chi connectivity index (χ1) is 23.2. The Morgan fingerprint density at radius 1 is 0.958 bits per heavy atom. The summed E-state index contributed by atoms with van der Waals surface area (Å²) in [4.78, 5) is 30.5. The molecule has 0 radical (unpaired) electrons. The topological polar surface area (TPSA) is 166 Å². The van der Waals surface area contributed by atoms with Crippen LogP contribution in [0.4, 0.5) is 9.59 Å². The maximum absolute atomic E-state index is 13.1. The van der Waals surface area contributed by atoms with Crippen molar-refractivity contribution in [1.82, 2.24) is 20.7 Å². The monoisotopic (exact) mass is 680 g/mol. The second-order valence-electron chi connectivity index (χ2n) is 12.3. The predicted octanol–water partition coefficient (Wildman–Crippen LogP) is 2.84. The van der Waals surface area contributed by atoms with Gasteiger partial charge in [-0.15, -0.1) is 0 Å². The molecule has 14 heteroatoms. The van der Waals surface area contributed by atoms with Crippen LogP contribution in [-0.2, 0) is 41.8 Å². The van der Waals surface area contributed by atoms with Crippen LogP contribution in [0.5, 0.6) is 0 Å². The third-order valence-electron chi connectivity index (χ3n) is 8.72. The SMILES string of the molecule is O=C(NN(Cc1ccc(-c2ccccn2)cc1)CC(O)C(Cc1ccccc1)NC(=O)OC1COC2OCCC12)OC1CCS(=O)(=O)C1. The molecule has 13 nitrogen and oxygen atoms in total. The summed E-state index contributed by atoms with van der Waals surface area (Å²) in [6, 6.07) is 21.9. The number of ether oxygens (including phenoxy) is 4. The number of hydrazine groups is 1. The number of sulfone groups is 1. The van der Waals surface area contributed by atoms with Crippen LogP contribution in [0.15, 0.2) is 79.0 Å². The standard InChI is InChI=1S/C34H40N4O9S/c39-30(29(18-23-6-2-1-3-7-23)36-33(40)47-31-21-45-32-27(31)13-16-44-32)20-38(37-34(41)46-26-14-17-48(42,43)22-26)19-24-9-11-25(12-10-24)28-8-4-5-15-35-28/h1-12,15,26-27,29-32,39H,13-14,16-22H2,(H,36,40)(H,37,41). The normalized spacial score (nSPS) is 24.0. The Labute approximate surface area is 279 Å². The van der Waals surface area contributed by atoms with Crippen LogP contribution in [0.1, 0.15) is 24.0 Å². The number of fused-ring (bicyclic) bond motifs is 1. The molecule has 0 spiro atoms. The highest BCUT2D eigenvalue weighted by Gasteiger charge is 2.44. The van der Waals surface area contributed by atoms with E-state index in [-0.39, 0.29) is 56.3 Å². The number of carbonyl (C=O) groups excluding carboxylic acids is 2. The van der Waals surface area contributed by atoms with Crippen molar-refractivity contribution < 1.29 is 42.1 Å². The fourth-order valence-corrected chi connectivity index (χ4v) is 7.81. The summed E-state index contributed by atoms with van der Waals surface area (Å²) in [5.41, 5.74) is 6.10. The van der Waals surface area contributed by atoms with Crippen molar-refractivity contribution in [3.05, 3.63) is 90.1 Å². The van der Waals surface area contributed by atoms with E-state index < -0.39 is 46.4 Å². The molecule has 1 aromatic heterocycles. The van der Waals surface area contributed by atoms with Crippen LogP contribution in [0.25, 0.3) is 11.3 Å². The largest absolute Gasteiger partial charge is 0.444 e. The van der Waals surface area contributed by atoms with E-state index in [2.05, 4.69) is 15.7 Å². The minimum atomic E-state index is -3.26. The number of rotatable bonds is 12. The number of benzene rings is 2. The number of hydrogen-bond acceptors (Lipinski definition) is 11. The van der Waals surface area contributed by atoms with Crippen molar-refractivity contribution in [2.24, 2.45) is 5.92 Å². The number of hydrogen-bond donors (Lipinski definition) is 3. The first-order valence-corrected chi connectivity index (χ1v) is 17.9. The van der Waals surface area contributed by atoms with E-state index in [0.717, 1.165) is 28.8 Å². The summed E-state index contributed by atoms with van der Waals surface area (Å²) < 4.78 is 46.1. The molecule has 0 aliphatic carbocycles. The smallest absolute Gasteiger partial charge is 0.422 e. The Morgan fingerprint density at radius 2 is 1.75 bits per heavy atom. The Hall–Kier alpha value is -4.08. The third kappa shape index (κ3) is 9.08. The van der Waals surface area contributed by atoms with Gasteiger partial charge in [0, 0.05) is 24.8 Å². The summed E-state index contributed by atoms with van der Waals surface area (Å²) in [7, 11) is -3.26. The fraction of sp³-hybridized carbons (Fsp3) is 0.441. The number of amides is 2. The zero-order valence-corrected chi connectivity index (χ0v) is 27.2. The number of aliphatic hydroxyl groups is 1. The zero-order valence-electron chi connectivity index (χ0n) is 26.3. The number of nitrogens with one attached hydrogen (secondary N) is 2. The number of aliphatic hydroxyl groups excluding tert-OH is 1. The average Bonchev–Trinajstić information content (AvgIpc) is 3.79. The number of aromatic nitrogens is 1. The minimum absolute atomic E-state index is 0.0413. The summed E-state index contributed by atoms with van der Waals surface area (Å²) in [6.45, 7) is 0.835. The predicted molar refractivity (Wildman–Crippen MR) is 174 cm³/mol. The van der Waals surface area contributed by atoms with E-state index in [4.69, 9.17) is 18.9 Å².